The molecule has 2 heterocycles. The molecule has 1 atom stereocenters. The third kappa shape index (κ3) is 6.45. The van der Waals surface area contributed by atoms with Gasteiger partial charge in [0.2, 0.25) is 5.91 Å². The van der Waals surface area contributed by atoms with E-state index in [1.165, 1.54) is 18.4 Å². The number of pyridine rings is 1. The Bertz CT molecular complexity index is 1280. The smallest absolute Gasteiger partial charge is 0.234 e. The summed E-state index contributed by atoms with van der Waals surface area (Å²) < 4.78 is 23.2. The number of rotatable bonds is 12. The van der Waals surface area contributed by atoms with Crippen LogP contribution in [0.2, 0.25) is 0 Å². The van der Waals surface area contributed by atoms with Crippen LogP contribution in [0.5, 0.6) is 23.0 Å². The van der Waals surface area contributed by atoms with Crippen molar-refractivity contribution in [1.29, 1.82) is 0 Å². The molecule has 206 valence electrons. The summed E-state index contributed by atoms with van der Waals surface area (Å²) in [6.45, 7) is 2.14. The molecule has 2 aromatic carbocycles. The lowest BCUT2D eigenvalue weighted by atomic mass is 9.87. The summed E-state index contributed by atoms with van der Waals surface area (Å²) >= 11 is 0. The minimum atomic E-state index is -0.0909. The van der Waals surface area contributed by atoms with E-state index < -0.39 is 0 Å². The van der Waals surface area contributed by atoms with Crippen LogP contribution in [0.4, 0.5) is 0 Å². The third-order valence-electron chi connectivity index (χ3n) is 7.51. The molecular formula is C31H37N3O5. The van der Waals surface area contributed by atoms with Crippen LogP contribution in [0, 0.1) is 5.92 Å². The van der Waals surface area contributed by atoms with Crippen molar-refractivity contribution in [3.05, 3.63) is 77.1 Å². The maximum absolute atomic E-state index is 13.1. The van der Waals surface area contributed by atoms with Crippen molar-refractivity contribution in [1.82, 2.24) is 15.2 Å². The average Bonchev–Trinajstić information content (AvgIpc) is 3.81. The van der Waals surface area contributed by atoms with Crippen molar-refractivity contribution in [3.8, 4) is 23.0 Å². The van der Waals surface area contributed by atoms with Gasteiger partial charge in [0.1, 0.15) is 11.5 Å². The molecule has 1 fully saturated rings. The van der Waals surface area contributed by atoms with Gasteiger partial charge in [-0.05, 0) is 73.6 Å². The summed E-state index contributed by atoms with van der Waals surface area (Å²) in [6.07, 6.45) is 5.66. The van der Waals surface area contributed by atoms with Crippen LogP contribution in [0.15, 0.2) is 54.7 Å². The summed E-state index contributed by atoms with van der Waals surface area (Å²) in [5, 5.41) is 3.03. The maximum atomic E-state index is 13.1. The van der Waals surface area contributed by atoms with Crippen LogP contribution in [-0.2, 0) is 24.2 Å². The van der Waals surface area contributed by atoms with Gasteiger partial charge in [0.05, 0.1) is 46.7 Å². The minimum absolute atomic E-state index is 0.0403. The Kier molecular flexibility index (Phi) is 8.51. The van der Waals surface area contributed by atoms with Crippen LogP contribution < -0.4 is 24.3 Å². The largest absolute Gasteiger partial charge is 0.496 e. The lowest BCUT2D eigenvalue weighted by molar-refractivity contribution is -0.123. The highest BCUT2D eigenvalue weighted by Gasteiger charge is 2.34. The molecule has 0 saturated heterocycles. The fraction of sp³-hybridized carbons (Fsp3) is 0.419. The molecule has 2 aliphatic rings. The van der Waals surface area contributed by atoms with Crippen molar-refractivity contribution in [2.75, 3.05) is 41.0 Å². The molecule has 8 heteroatoms. The molecule has 1 saturated carbocycles. The highest BCUT2D eigenvalue weighted by atomic mass is 16.5. The molecule has 39 heavy (non-hydrogen) atoms. The number of nitrogens with zero attached hydrogens (tertiary/aromatic N) is 2. The zero-order valence-electron chi connectivity index (χ0n) is 22.9. The van der Waals surface area contributed by atoms with Gasteiger partial charge in [-0.3, -0.25) is 14.7 Å². The Balaban J connectivity index is 1.43. The third-order valence-corrected chi connectivity index (χ3v) is 7.51. The first-order valence-corrected chi connectivity index (χ1v) is 13.5. The number of carbonyl (C=O) groups excluding carboxylic acids is 1. The number of methoxy groups -OCH3 is 3. The monoisotopic (exact) mass is 531 g/mol. The van der Waals surface area contributed by atoms with Gasteiger partial charge in [-0.2, -0.15) is 0 Å². The van der Waals surface area contributed by atoms with Crippen molar-refractivity contribution >= 4 is 5.91 Å². The van der Waals surface area contributed by atoms with Crippen LogP contribution >= 0.6 is 0 Å². The molecule has 0 spiro atoms. The second kappa shape index (κ2) is 12.4. The summed E-state index contributed by atoms with van der Waals surface area (Å²) in [5.41, 5.74) is 4.17. The van der Waals surface area contributed by atoms with Crippen LogP contribution in [0.3, 0.4) is 0 Å². The van der Waals surface area contributed by atoms with Crippen LogP contribution in [-0.4, -0.2) is 56.8 Å². The number of carbonyl (C=O) groups is 1. The molecule has 1 aromatic heterocycles. The van der Waals surface area contributed by atoms with Crippen molar-refractivity contribution < 1.29 is 23.7 Å². The van der Waals surface area contributed by atoms with Gasteiger partial charge >= 0.3 is 0 Å². The molecule has 1 amide bonds. The molecule has 1 aliphatic heterocycles. The van der Waals surface area contributed by atoms with E-state index in [0.717, 1.165) is 47.9 Å². The first-order valence-electron chi connectivity index (χ1n) is 13.5. The van der Waals surface area contributed by atoms with E-state index in [1.54, 1.807) is 27.5 Å². The topological polar surface area (TPSA) is 82.2 Å². The summed E-state index contributed by atoms with van der Waals surface area (Å²) in [4.78, 5) is 19.7. The van der Waals surface area contributed by atoms with Gasteiger partial charge in [0, 0.05) is 29.9 Å². The minimum Gasteiger partial charge on any atom is -0.496 e. The fourth-order valence-electron chi connectivity index (χ4n) is 5.23. The molecule has 8 nitrogen and oxygen atoms in total. The second-order valence-corrected chi connectivity index (χ2v) is 10.1. The van der Waals surface area contributed by atoms with E-state index >= 15 is 0 Å². The number of nitrogens with one attached hydrogen (secondary N) is 1. The van der Waals surface area contributed by atoms with Gasteiger partial charge in [0.25, 0.3) is 0 Å². The normalized spacial score (nSPS) is 16.7. The van der Waals surface area contributed by atoms with Gasteiger partial charge < -0.3 is 24.3 Å². The Morgan fingerprint density at radius 1 is 0.974 bits per heavy atom. The molecule has 0 bridgehead atoms. The molecule has 1 unspecified atom stereocenters. The zero-order valence-corrected chi connectivity index (χ0v) is 22.9. The summed E-state index contributed by atoms with van der Waals surface area (Å²) in [7, 11) is 4.98. The standard InChI is InChI=1S/C31H37N3O5/c1-36-27-10-9-22(17-29(27)38-3)16-25-31-24(26(11-12-28(31)37-2)39-20-21-7-8-21)13-15-34(25)19-30(35)33-18-23-6-4-5-14-32-23/h4-6,9-12,14,17,21,25H,7-8,13,15-16,18-20H2,1-3H3,(H,33,35). The molecule has 0 radical (unpaired) electrons. The van der Waals surface area contributed by atoms with Crippen molar-refractivity contribution in [3.63, 3.8) is 0 Å². The number of hydrogen-bond acceptors (Lipinski definition) is 7. The Morgan fingerprint density at radius 2 is 1.74 bits per heavy atom. The zero-order chi connectivity index (χ0) is 27.2. The average molecular weight is 532 g/mol. The SMILES string of the molecule is COc1ccc(CC2c3c(OC)ccc(OCC4CC4)c3CCN2CC(=O)NCc2ccccn2)cc1OC. The number of hydrogen-bond donors (Lipinski definition) is 1. The Morgan fingerprint density at radius 3 is 2.46 bits per heavy atom. The van der Waals surface area contributed by atoms with Gasteiger partial charge in [-0.25, -0.2) is 0 Å². The number of amides is 1. The Hall–Kier alpha value is -3.78. The number of benzene rings is 2. The number of ether oxygens (including phenoxy) is 4. The van der Waals surface area contributed by atoms with E-state index in [-0.39, 0.29) is 18.5 Å². The van der Waals surface area contributed by atoms with E-state index in [1.807, 2.05) is 42.5 Å². The fourth-order valence-corrected chi connectivity index (χ4v) is 5.23. The van der Waals surface area contributed by atoms with Gasteiger partial charge in [0.15, 0.2) is 11.5 Å². The molecule has 1 N–H and O–H groups in total. The van der Waals surface area contributed by atoms with E-state index in [0.29, 0.717) is 30.4 Å². The van der Waals surface area contributed by atoms with E-state index in [9.17, 15) is 4.79 Å². The Labute approximate surface area is 230 Å². The summed E-state index contributed by atoms with van der Waals surface area (Å²) in [6, 6.07) is 15.6. The lowest BCUT2D eigenvalue weighted by Crippen LogP contribution is -2.43. The highest BCUT2D eigenvalue weighted by Crippen LogP contribution is 2.43. The van der Waals surface area contributed by atoms with Crippen molar-refractivity contribution in [2.45, 2.75) is 38.3 Å². The molecule has 1 aliphatic carbocycles. The quantitative estimate of drug-likeness (QED) is 0.372. The highest BCUT2D eigenvalue weighted by molar-refractivity contribution is 5.78. The molecular weight excluding hydrogens is 494 g/mol. The lowest BCUT2D eigenvalue weighted by Gasteiger charge is -2.38. The van der Waals surface area contributed by atoms with Gasteiger partial charge in [-0.15, -0.1) is 0 Å². The van der Waals surface area contributed by atoms with Crippen LogP contribution in [0.1, 0.15) is 41.3 Å². The van der Waals surface area contributed by atoms with Crippen molar-refractivity contribution in [2.24, 2.45) is 5.92 Å². The first-order chi connectivity index (χ1) is 19.1. The predicted molar refractivity (Wildman–Crippen MR) is 149 cm³/mol. The van der Waals surface area contributed by atoms with Gasteiger partial charge in [-0.1, -0.05) is 12.1 Å². The van der Waals surface area contributed by atoms with E-state index in [2.05, 4.69) is 21.3 Å². The van der Waals surface area contributed by atoms with Crippen LogP contribution in [0.25, 0.3) is 0 Å². The summed E-state index contributed by atoms with van der Waals surface area (Å²) in [5.74, 6) is 3.72. The number of fused-ring (bicyclic) bond motifs is 1. The first kappa shape index (κ1) is 26.8. The predicted octanol–water partition coefficient (Wildman–Crippen LogP) is 4.35. The van der Waals surface area contributed by atoms with E-state index in [4.69, 9.17) is 18.9 Å². The second-order valence-electron chi connectivity index (χ2n) is 10.1. The maximum Gasteiger partial charge on any atom is 0.234 e. The molecule has 5 rings (SSSR count). The number of aromatic nitrogens is 1. The molecule has 3 aromatic rings.